The minimum atomic E-state index is -0.978. The standard InChI is InChI=1S/C11H22N2O4/c1-9(2)3-5-17-6-4-13(7-10(12)14)8-11(15)16/h9H,3-8H2,1-2H3,(H2,12,14)(H,15,16). The molecule has 0 bridgehead atoms. The lowest BCUT2D eigenvalue weighted by Crippen LogP contribution is -2.39. The van der Waals surface area contributed by atoms with Crippen LogP contribution in [0.3, 0.4) is 0 Å². The molecule has 6 nitrogen and oxygen atoms in total. The summed E-state index contributed by atoms with van der Waals surface area (Å²) in [7, 11) is 0. The Kier molecular flexibility index (Phi) is 8.35. The quantitative estimate of drug-likeness (QED) is 0.526. The number of carboxylic acid groups (broad SMARTS) is 1. The Balaban J connectivity index is 3.75. The van der Waals surface area contributed by atoms with E-state index >= 15 is 0 Å². The molecule has 0 aromatic rings. The van der Waals surface area contributed by atoms with Crippen LogP contribution in [0.2, 0.25) is 0 Å². The molecule has 0 aliphatic heterocycles. The Morgan fingerprint density at radius 1 is 1.29 bits per heavy atom. The summed E-state index contributed by atoms with van der Waals surface area (Å²) in [5.74, 6) is -0.933. The number of nitrogens with zero attached hydrogens (tertiary/aromatic N) is 1. The van der Waals surface area contributed by atoms with Crippen molar-refractivity contribution in [3.63, 3.8) is 0 Å². The molecule has 3 N–H and O–H groups in total. The Morgan fingerprint density at radius 3 is 2.41 bits per heavy atom. The van der Waals surface area contributed by atoms with Gasteiger partial charge in [-0.05, 0) is 12.3 Å². The molecule has 0 heterocycles. The molecule has 0 atom stereocenters. The van der Waals surface area contributed by atoms with Gasteiger partial charge in [0.25, 0.3) is 0 Å². The van der Waals surface area contributed by atoms with Gasteiger partial charge in [0, 0.05) is 13.2 Å². The molecule has 0 aromatic carbocycles. The van der Waals surface area contributed by atoms with E-state index in [0.717, 1.165) is 6.42 Å². The van der Waals surface area contributed by atoms with Crippen LogP contribution in [0, 0.1) is 5.92 Å². The minimum absolute atomic E-state index is 0.0557. The first-order valence-electron chi connectivity index (χ1n) is 5.72. The Bertz CT molecular complexity index is 228. The van der Waals surface area contributed by atoms with Gasteiger partial charge in [-0.3, -0.25) is 14.5 Å². The van der Waals surface area contributed by atoms with Crippen LogP contribution in [0.4, 0.5) is 0 Å². The maximum Gasteiger partial charge on any atom is 0.317 e. The summed E-state index contributed by atoms with van der Waals surface area (Å²) in [4.78, 5) is 22.7. The molecular formula is C11H22N2O4. The van der Waals surface area contributed by atoms with Crippen molar-refractivity contribution in [3.8, 4) is 0 Å². The van der Waals surface area contributed by atoms with Gasteiger partial charge in [-0.1, -0.05) is 13.8 Å². The highest BCUT2D eigenvalue weighted by atomic mass is 16.5. The molecule has 0 saturated heterocycles. The summed E-state index contributed by atoms with van der Waals surface area (Å²) < 4.78 is 5.35. The lowest BCUT2D eigenvalue weighted by Gasteiger charge is -2.18. The van der Waals surface area contributed by atoms with E-state index in [0.29, 0.717) is 25.7 Å². The summed E-state index contributed by atoms with van der Waals surface area (Å²) in [6, 6.07) is 0. The normalized spacial score (nSPS) is 11.1. The van der Waals surface area contributed by atoms with E-state index in [2.05, 4.69) is 13.8 Å². The monoisotopic (exact) mass is 246 g/mol. The molecule has 0 unspecified atom stereocenters. The van der Waals surface area contributed by atoms with Gasteiger partial charge < -0.3 is 15.6 Å². The third-order valence-corrected chi connectivity index (χ3v) is 2.13. The molecule has 0 aromatic heterocycles. The molecule has 0 spiro atoms. The van der Waals surface area contributed by atoms with Crippen molar-refractivity contribution in [2.75, 3.05) is 32.8 Å². The van der Waals surface area contributed by atoms with Gasteiger partial charge >= 0.3 is 5.97 Å². The van der Waals surface area contributed by atoms with Crippen LogP contribution < -0.4 is 5.73 Å². The Hall–Kier alpha value is -1.14. The molecule has 0 fully saturated rings. The Morgan fingerprint density at radius 2 is 1.94 bits per heavy atom. The highest BCUT2D eigenvalue weighted by Gasteiger charge is 2.11. The second-order valence-electron chi connectivity index (χ2n) is 4.37. The molecule has 6 heteroatoms. The average molecular weight is 246 g/mol. The number of ether oxygens (including phenoxy) is 1. The molecular weight excluding hydrogens is 224 g/mol. The fourth-order valence-corrected chi connectivity index (χ4v) is 1.24. The lowest BCUT2D eigenvalue weighted by atomic mass is 10.1. The fourth-order valence-electron chi connectivity index (χ4n) is 1.24. The number of carbonyl (C=O) groups excluding carboxylic acids is 1. The van der Waals surface area contributed by atoms with Crippen molar-refractivity contribution in [2.24, 2.45) is 11.7 Å². The van der Waals surface area contributed by atoms with Crippen LogP contribution in [-0.2, 0) is 14.3 Å². The predicted molar refractivity (Wildman–Crippen MR) is 63.5 cm³/mol. The topological polar surface area (TPSA) is 92.9 Å². The van der Waals surface area contributed by atoms with Crippen LogP contribution in [0.5, 0.6) is 0 Å². The number of hydrogen-bond donors (Lipinski definition) is 2. The lowest BCUT2D eigenvalue weighted by molar-refractivity contribution is -0.138. The predicted octanol–water partition coefficient (Wildman–Crippen LogP) is -0.0790. The van der Waals surface area contributed by atoms with Crippen molar-refractivity contribution in [1.82, 2.24) is 4.90 Å². The van der Waals surface area contributed by atoms with Crippen LogP contribution in [0.1, 0.15) is 20.3 Å². The first-order valence-corrected chi connectivity index (χ1v) is 5.72. The first-order chi connectivity index (χ1) is 7.91. The van der Waals surface area contributed by atoms with E-state index in [-0.39, 0.29) is 13.1 Å². The van der Waals surface area contributed by atoms with Gasteiger partial charge in [0.2, 0.25) is 5.91 Å². The van der Waals surface area contributed by atoms with Gasteiger partial charge in [-0.2, -0.15) is 0 Å². The number of aliphatic carboxylic acids is 1. The van der Waals surface area contributed by atoms with Crippen LogP contribution in [-0.4, -0.2) is 54.7 Å². The molecule has 0 radical (unpaired) electrons. The smallest absolute Gasteiger partial charge is 0.317 e. The summed E-state index contributed by atoms with van der Waals surface area (Å²) in [6.07, 6.45) is 0.967. The van der Waals surface area contributed by atoms with E-state index in [1.165, 1.54) is 4.90 Å². The van der Waals surface area contributed by atoms with Gasteiger partial charge in [0.15, 0.2) is 0 Å². The number of amides is 1. The van der Waals surface area contributed by atoms with Gasteiger partial charge in [0.05, 0.1) is 19.7 Å². The molecule has 0 aliphatic rings. The highest BCUT2D eigenvalue weighted by molar-refractivity contribution is 5.77. The zero-order valence-electron chi connectivity index (χ0n) is 10.5. The van der Waals surface area contributed by atoms with E-state index in [1.54, 1.807) is 0 Å². The van der Waals surface area contributed by atoms with Gasteiger partial charge in [-0.25, -0.2) is 0 Å². The van der Waals surface area contributed by atoms with Gasteiger partial charge in [-0.15, -0.1) is 0 Å². The largest absolute Gasteiger partial charge is 0.480 e. The maximum atomic E-state index is 10.7. The van der Waals surface area contributed by atoms with E-state index in [9.17, 15) is 9.59 Å². The first kappa shape index (κ1) is 15.9. The number of rotatable bonds is 10. The molecule has 1 amide bonds. The second kappa shape index (κ2) is 8.95. The van der Waals surface area contributed by atoms with Crippen LogP contribution in [0.25, 0.3) is 0 Å². The van der Waals surface area contributed by atoms with Crippen molar-refractivity contribution >= 4 is 11.9 Å². The third kappa shape index (κ3) is 11.1. The zero-order chi connectivity index (χ0) is 13.3. The molecule has 0 aliphatic carbocycles. The summed E-state index contributed by atoms with van der Waals surface area (Å²) >= 11 is 0. The maximum absolute atomic E-state index is 10.7. The molecule has 17 heavy (non-hydrogen) atoms. The molecule has 100 valence electrons. The number of hydrogen-bond acceptors (Lipinski definition) is 4. The third-order valence-electron chi connectivity index (χ3n) is 2.13. The van der Waals surface area contributed by atoms with Gasteiger partial charge in [0.1, 0.15) is 0 Å². The highest BCUT2D eigenvalue weighted by Crippen LogP contribution is 1.99. The van der Waals surface area contributed by atoms with Crippen molar-refractivity contribution < 1.29 is 19.4 Å². The number of carbonyl (C=O) groups is 2. The SMILES string of the molecule is CC(C)CCOCCN(CC(N)=O)CC(=O)O. The number of nitrogens with two attached hydrogens (primary N) is 1. The number of primary amides is 1. The van der Waals surface area contributed by atoms with E-state index in [4.69, 9.17) is 15.6 Å². The van der Waals surface area contributed by atoms with Crippen molar-refractivity contribution in [1.29, 1.82) is 0 Å². The summed E-state index contributed by atoms with van der Waals surface area (Å²) in [5, 5.41) is 8.64. The van der Waals surface area contributed by atoms with Crippen molar-refractivity contribution in [3.05, 3.63) is 0 Å². The molecule has 0 saturated carbocycles. The second-order valence-corrected chi connectivity index (χ2v) is 4.37. The molecule has 0 rings (SSSR count). The Labute approximate surface area is 102 Å². The summed E-state index contributed by atoms with van der Waals surface area (Å²) in [6.45, 7) is 5.41. The van der Waals surface area contributed by atoms with Crippen LogP contribution >= 0.6 is 0 Å². The zero-order valence-corrected chi connectivity index (χ0v) is 10.5. The minimum Gasteiger partial charge on any atom is -0.480 e. The van der Waals surface area contributed by atoms with E-state index < -0.39 is 11.9 Å². The summed E-state index contributed by atoms with van der Waals surface area (Å²) in [5.41, 5.74) is 5.02. The van der Waals surface area contributed by atoms with Crippen molar-refractivity contribution in [2.45, 2.75) is 20.3 Å². The fraction of sp³-hybridized carbons (Fsp3) is 0.818. The van der Waals surface area contributed by atoms with Crippen LogP contribution in [0.15, 0.2) is 0 Å². The average Bonchev–Trinajstić information content (AvgIpc) is 2.14. The number of carboxylic acids is 1. The van der Waals surface area contributed by atoms with E-state index in [1.807, 2.05) is 0 Å².